The van der Waals surface area contributed by atoms with Gasteiger partial charge in [-0.15, -0.1) is 0 Å². The lowest BCUT2D eigenvalue weighted by molar-refractivity contribution is 0.275. The van der Waals surface area contributed by atoms with E-state index in [9.17, 15) is 13.5 Å². The molecular weight excluding hydrogens is 208 g/mol. The van der Waals surface area contributed by atoms with E-state index in [1.165, 1.54) is 12.1 Å². The molecule has 1 rings (SSSR count). The van der Waals surface area contributed by atoms with Crippen LogP contribution in [0.15, 0.2) is 18.2 Å². The molecule has 1 aromatic carbocycles. The van der Waals surface area contributed by atoms with E-state index in [4.69, 9.17) is 5.11 Å². The molecule has 0 saturated heterocycles. The minimum Gasteiger partial charge on any atom is -0.507 e. The summed E-state index contributed by atoms with van der Waals surface area (Å²) >= 11 is 0. The second kappa shape index (κ2) is 3.85. The van der Waals surface area contributed by atoms with Crippen LogP contribution >= 0.6 is 0 Å². The molecule has 0 amide bonds. The molecule has 0 fully saturated rings. The Morgan fingerprint density at radius 2 is 2.07 bits per heavy atom. The summed E-state index contributed by atoms with van der Waals surface area (Å²) in [6.45, 7) is -0.314. The molecule has 0 aromatic heterocycles. The largest absolute Gasteiger partial charge is 0.507 e. The van der Waals surface area contributed by atoms with Crippen molar-refractivity contribution in [3.63, 3.8) is 0 Å². The number of hydrogen-bond acceptors (Lipinski definition) is 5. The first-order chi connectivity index (χ1) is 6.42. The number of aliphatic hydroxyl groups is 1. The predicted octanol–water partition coefficient (Wildman–Crippen LogP) is 0.223. The van der Waals surface area contributed by atoms with Crippen LogP contribution in [0.1, 0.15) is 5.56 Å². The van der Waals surface area contributed by atoms with Crippen LogP contribution in [0.25, 0.3) is 0 Å². The van der Waals surface area contributed by atoms with E-state index in [-0.39, 0.29) is 18.1 Å². The molecule has 0 aliphatic rings. The maximum absolute atomic E-state index is 10.7. The Morgan fingerprint density at radius 1 is 1.43 bits per heavy atom. The zero-order valence-corrected chi connectivity index (χ0v) is 8.28. The maximum Gasteiger partial charge on any atom is 0.306 e. The Labute approximate surface area is 81.7 Å². The molecule has 0 unspecified atom stereocenters. The molecule has 0 aliphatic carbocycles. The number of rotatable bonds is 3. The van der Waals surface area contributed by atoms with Crippen molar-refractivity contribution in [2.75, 3.05) is 6.26 Å². The van der Waals surface area contributed by atoms with E-state index < -0.39 is 10.1 Å². The van der Waals surface area contributed by atoms with Crippen LogP contribution in [-0.2, 0) is 16.7 Å². The molecule has 6 heteroatoms. The Balaban J connectivity index is 2.98. The predicted molar refractivity (Wildman–Crippen MR) is 49.5 cm³/mol. The minimum absolute atomic E-state index is 0.0159. The van der Waals surface area contributed by atoms with Gasteiger partial charge in [-0.05, 0) is 12.1 Å². The summed E-state index contributed by atoms with van der Waals surface area (Å²) in [6, 6.07) is 3.87. The van der Waals surface area contributed by atoms with E-state index in [2.05, 4.69) is 4.18 Å². The summed E-state index contributed by atoms with van der Waals surface area (Å²) < 4.78 is 25.9. The summed E-state index contributed by atoms with van der Waals surface area (Å²) in [5.74, 6) is -0.184. The average Bonchev–Trinajstić information content (AvgIpc) is 2.01. The Bertz CT molecular complexity index is 423. The number of hydrogen-bond donors (Lipinski definition) is 2. The first kappa shape index (κ1) is 10.8. The van der Waals surface area contributed by atoms with Gasteiger partial charge >= 0.3 is 10.1 Å². The molecule has 5 nitrogen and oxygen atoms in total. The van der Waals surface area contributed by atoms with Crippen LogP contribution in [-0.4, -0.2) is 24.9 Å². The van der Waals surface area contributed by atoms with E-state index in [0.717, 1.165) is 12.3 Å². The topological polar surface area (TPSA) is 83.8 Å². The Morgan fingerprint density at radius 3 is 2.50 bits per heavy atom. The molecule has 1 aromatic rings. The zero-order valence-electron chi connectivity index (χ0n) is 7.47. The summed E-state index contributed by atoms with van der Waals surface area (Å²) in [4.78, 5) is 0. The molecule has 0 saturated carbocycles. The second-order valence-corrected chi connectivity index (χ2v) is 4.31. The zero-order chi connectivity index (χ0) is 10.8. The maximum atomic E-state index is 10.7. The SMILES string of the molecule is CS(=O)(=O)Oc1ccc(CO)c(O)c1. The van der Waals surface area contributed by atoms with Gasteiger partial charge in [-0.1, -0.05) is 0 Å². The number of phenols is 1. The highest BCUT2D eigenvalue weighted by Crippen LogP contribution is 2.24. The van der Waals surface area contributed by atoms with Gasteiger partial charge < -0.3 is 14.4 Å². The van der Waals surface area contributed by atoms with Crippen molar-refractivity contribution in [3.8, 4) is 11.5 Å². The highest BCUT2D eigenvalue weighted by Gasteiger charge is 2.07. The summed E-state index contributed by atoms with van der Waals surface area (Å²) in [6.07, 6.45) is 0.907. The summed E-state index contributed by atoms with van der Waals surface area (Å²) in [5.41, 5.74) is 0.311. The van der Waals surface area contributed by atoms with Crippen molar-refractivity contribution < 1.29 is 22.8 Å². The monoisotopic (exact) mass is 218 g/mol. The van der Waals surface area contributed by atoms with E-state index >= 15 is 0 Å². The highest BCUT2D eigenvalue weighted by atomic mass is 32.2. The molecule has 0 bridgehead atoms. The normalized spacial score (nSPS) is 11.3. The van der Waals surface area contributed by atoms with Gasteiger partial charge in [-0.25, -0.2) is 0 Å². The van der Waals surface area contributed by atoms with Crippen molar-refractivity contribution in [3.05, 3.63) is 23.8 Å². The minimum atomic E-state index is -3.59. The molecule has 0 atom stereocenters. The van der Waals surface area contributed by atoms with Crippen LogP contribution in [0.4, 0.5) is 0 Å². The molecular formula is C8H10O5S. The lowest BCUT2D eigenvalue weighted by Gasteiger charge is -2.05. The fraction of sp³-hybridized carbons (Fsp3) is 0.250. The second-order valence-electron chi connectivity index (χ2n) is 2.74. The van der Waals surface area contributed by atoms with Crippen LogP contribution in [0.3, 0.4) is 0 Å². The lowest BCUT2D eigenvalue weighted by Crippen LogP contribution is -2.05. The van der Waals surface area contributed by atoms with Gasteiger partial charge in [0.2, 0.25) is 0 Å². The van der Waals surface area contributed by atoms with Crippen molar-refractivity contribution in [1.29, 1.82) is 0 Å². The number of aliphatic hydroxyl groups excluding tert-OH is 1. The van der Waals surface area contributed by atoms with Gasteiger partial charge in [0.1, 0.15) is 11.5 Å². The van der Waals surface area contributed by atoms with Gasteiger partial charge in [0.15, 0.2) is 0 Å². The number of aromatic hydroxyl groups is 1. The third kappa shape index (κ3) is 2.90. The molecule has 0 radical (unpaired) electrons. The Kier molecular flexibility index (Phi) is 2.97. The first-order valence-electron chi connectivity index (χ1n) is 3.74. The summed E-state index contributed by atoms with van der Waals surface area (Å²) in [7, 11) is -3.59. The van der Waals surface area contributed by atoms with Crippen LogP contribution < -0.4 is 4.18 Å². The molecule has 78 valence electrons. The lowest BCUT2D eigenvalue weighted by atomic mass is 10.2. The van der Waals surface area contributed by atoms with Gasteiger partial charge in [0, 0.05) is 11.6 Å². The standard InChI is InChI=1S/C8H10O5S/c1-14(11,12)13-7-3-2-6(5-9)8(10)4-7/h2-4,9-10H,5H2,1H3. The fourth-order valence-corrected chi connectivity index (χ4v) is 1.36. The van der Waals surface area contributed by atoms with Crippen LogP contribution in [0.2, 0.25) is 0 Å². The summed E-state index contributed by atoms with van der Waals surface area (Å²) in [5, 5.41) is 18.0. The first-order valence-corrected chi connectivity index (χ1v) is 5.56. The molecule has 14 heavy (non-hydrogen) atoms. The van der Waals surface area contributed by atoms with Crippen LogP contribution in [0.5, 0.6) is 11.5 Å². The average molecular weight is 218 g/mol. The van der Waals surface area contributed by atoms with E-state index in [1.54, 1.807) is 0 Å². The van der Waals surface area contributed by atoms with Crippen molar-refractivity contribution in [2.45, 2.75) is 6.61 Å². The van der Waals surface area contributed by atoms with Crippen molar-refractivity contribution in [2.24, 2.45) is 0 Å². The quantitative estimate of drug-likeness (QED) is 0.709. The molecule has 0 heterocycles. The van der Waals surface area contributed by atoms with Crippen molar-refractivity contribution in [1.82, 2.24) is 0 Å². The molecule has 0 aliphatic heterocycles. The van der Waals surface area contributed by atoms with Crippen molar-refractivity contribution >= 4 is 10.1 Å². The smallest absolute Gasteiger partial charge is 0.306 e. The third-order valence-corrected chi connectivity index (χ3v) is 1.97. The third-order valence-electron chi connectivity index (χ3n) is 1.47. The van der Waals surface area contributed by atoms with E-state index in [0.29, 0.717) is 5.56 Å². The van der Waals surface area contributed by atoms with E-state index in [1.807, 2.05) is 0 Å². The van der Waals surface area contributed by atoms with Gasteiger partial charge in [0.05, 0.1) is 12.9 Å². The van der Waals surface area contributed by atoms with Crippen LogP contribution in [0, 0.1) is 0 Å². The molecule has 2 N–H and O–H groups in total. The van der Waals surface area contributed by atoms with Gasteiger partial charge in [-0.2, -0.15) is 8.42 Å². The molecule has 0 spiro atoms. The highest BCUT2D eigenvalue weighted by molar-refractivity contribution is 7.86. The fourth-order valence-electron chi connectivity index (χ4n) is 0.904. The number of benzene rings is 1. The Hall–Kier alpha value is -1.27. The van der Waals surface area contributed by atoms with Gasteiger partial charge in [-0.3, -0.25) is 0 Å². The van der Waals surface area contributed by atoms with Gasteiger partial charge in [0.25, 0.3) is 0 Å².